The van der Waals surface area contributed by atoms with Crippen molar-refractivity contribution in [1.82, 2.24) is 0 Å². The van der Waals surface area contributed by atoms with Crippen molar-refractivity contribution in [1.29, 1.82) is 0 Å². The van der Waals surface area contributed by atoms with Crippen LogP contribution in [0.4, 0.5) is 11.4 Å². The Morgan fingerprint density at radius 1 is 0.720 bits per heavy atom. The van der Waals surface area contributed by atoms with Gasteiger partial charge in [0, 0.05) is 22.5 Å². The molecule has 0 heterocycles. The zero-order valence-electron chi connectivity index (χ0n) is 13.3. The molecular formula is C20H16N2O3. The van der Waals surface area contributed by atoms with Gasteiger partial charge in [0.2, 0.25) is 0 Å². The van der Waals surface area contributed by atoms with Gasteiger partial charge in [-0.15, -0.1) is 0 Å². The van der Waals surface area contributed by atoms with Gasteiger partial charge in [0.1, 0.15) is 0 Å². The highest BCUT2D eigenvalue weighted by atomic mass is 16.4. The number of carboxylic acid groups (broad SMARTS) is 1. The minimum absolute atomic E-state index is 0.127. The maximum atomic E-state index is 12.5. The van der Waals surface area contributed by atoms with Gasteiger partial charge in [0.15, 0.2) is 5.78 Å². The van der Waals surface area contributed by atoms with Crippen molar-refractivity contribution in [3.63, 3.8) is 0 Å². The fraction of sp³-hybridized carbons (Fsp3) is 0. The largest absolute Gasteiger partial charge is 0.478 e. The first-order valence-corrected chi connectivity index (χ1v) is 7.59. The second kappa shape index (κ2) is 6.49. The van der Waals surface area contributed by atoms with Gasteiger partial charge in [0.25, 0.3) is 0 Å². The van der Waals surface area contributed by atoms with Gasteiger partial charge in [0.05, 0.1) is 5.56 Å². The zero-order chi connectivity index (χ0) is 18.0. The van der Waals surface area contributed by atoms with Gasteiger partial charge < -0.3 is 16.6 Å². The molecule has 5 nitrogen and oxygen atoms in total. The molecule has 0 atom stereocenters. The van der Waals surface area contributed by atoms with Crippen LogP contribution in [0.2, 0.25) is 0 Å². The number of rotatable bonds is 4. The highest BCUT2D eigenvalue weighted by Gasteiger charge is 2.13. The summed E-state index contributed by atoms with van der Waals surface area (Å²) in [6.07, 6.45) is 0. The molecule has 25 heavy (non-hydrogen) atoms. The monoisotopic (exact) mass is 332 g/mol. The lowest BCUT2D eigenvalue weighted by Gasteiger charge is -2.09. The topological polar surface area (TPSA) is 106 Å². The minimum atomic E-state index is -1.03. The van der Waals surface area contributed by atoms with Crippen molar-refractivity contribution in [2.45, 2.75) is 0 Å². The van der Waals surface area contributed by atoms with Gasteiger partial charge in [-0.1, -0.05) is 24.3 Å². The molecule has 0 radical (unpaired) electrons. The first kappa shape index (κ1) is 16.3. The zero-order valence-corrected chi connectivity index (χ0v) is 13.3. The standard InChI is InChI=1S/C20H16N2O3/c21-15-7-5-14(6-8-15)19(23)13-3-1-12(2-4-13)18-11-16(22)9-10-17(18)20(24)25/h1-11H,21-22H2,(H,24,25). The summed E-state index contributed by atoms with van der Waals surface area (Å²) in [6.45, 7) is 0. The van der Waals surface area contributed by atoms with Crippen LogP contribution >= 0.6 is 0 Å². The quantitative estimate of drug-likeness (QED) is 0.501. The van der Waals surface area contributed by atoms with Crippen molar-refractivity contribution in [2.24, 2.45) is 0 Å². The Bertz CT molecular complexity index is 946. The summed E-state index contributed by atoms with van der Waals surface area (Å²) >= 11 is 0. The minimum Gasteiger partial charge on any atom is -0.478 e. The van der Waals surface area contributed by atoms with Gasteiger partial charge in [-0.3, -0.25) is 4.79 Å². The SMILES string of the molecule is Nc1ccc(C(=O)c2ccc(-c3cc(N)ccc3C(=O)O)cc2)cc1. The van der Waals surface area contributed by atoms with Gasteiger partial charge in [-0.05, 0) is 53.6 Å². The third-order valence-electron chi connectivity index (χ3n) is 3.90. The molecule has 0 spiro atoms. The molecule has 5 N–H and O–H groups in total. The highest BCUT2D eigenvalue weighted by Crippen LogP contribution is 2.27. The third kappa shape index (κ3) is 3.35. The summed E-state index contributed by atoms with van der Waals surface area (Å²) in [7, 11) is 0. The van der Waals surface area contributed by atoms with E-state index in [4.69, 9.17) is 11.5 Å². The number of nitrogen functional groups attached to an aromatic ring is 2. The summed E-state index contributed by atoms with van der Waals surface area (Å²) in [5.74, 6) is -1.16. The third-order valence-corrected chi connectivity index (χ3v) is 3.90. The van der Waals surface area contributed by atoms with Crippen LogP contribution in [-0.2, 0) is 0 Å². The maximum Gasteiger partial charge on any atom is 0.336 e. The van der Waals surface area contributed by atoms with Crippen LogP contribution in [-0.4, -0.2) is 16.9 Å². The summed E-state index contributed by atoms with van der Waals surface area (Å²) in [6, 6.07) is 18.1. The van der Waals surface area contributed by atoms with Gasteiger partial charge in [-0.2, -0.15) is 0 Å². The van der Waals surface area contributed by atoms with E-state index < -0.39 is 5.97 Å². The Morgan fingerprint density at radius 3 is 1.80 bits per heavy atom. The number of anilines is 2. The predicted molar refractivity (Wildman–Crippen MR) is 97.5 cm³/mol. The lowest BCUT2D eigenvalue weighted by Crippen LogP contribution is -2.03. The fourth-order valence-corrected chi connectivity index (χ4v) is 2.59. The molecule has 3 rings (SSSR count). The van der Waals surface area contributed by atoms with Crippen molar-refractivity contribution in [3.8, 4) is 11.1 Å². The van der Waals surface area contributed by atoms with E-state index in [9.17, 15) is 14.7 Å². The number of hydrogen-bond donors (Lipinski definition) is 3. The number of ketones is 1. The van der Waals surface area contributed by atoms with Crippen molar-refractivity contribution in [3.05, 3.63) is 83.4 Å². The second-order valence-electron chi connectivity index (χ2n) is 5.64. The number of aromatic carboxylic acids is 1. The molecule has 3 aromatic carbocycles. The van der Waals surface area contributed by atoms with Crippen LogP contribution in [0.1, 0.15) is 26.3 Å². The molecule has 3 aromatic rings. The van der Waals surface area contributed by atoms with Crippen LogP contribution < -0.4 is 11.5 Å². The van der Waals surface area contributed by atoms with E-state index in [1.54, 1.807) is 60.7 Å². The Hall–Kier alpha value is -3.60. The van der Waals surface area contributed by atoms with E-state index in [0.717, 1.165) is 0 Å². The van der Waals surface area contributed by atoms with Crippen LogP contribution in [0.25, 0.3) is 11.1 Å². The number of nitrogens with two attached hydrogens (primary N) is 2. The van der Waals surface area contributed by atoms with E-state index >= 15 is 0 Å². The van der Waals surface area contributed by atoms with Crippen LogP contribution in [0.3, 0.4) is 0 Å². The van der Waals surface area contributed by atoms with Crippen LogP contribution in [0.15, 0.2) is 66.7 Å². The van der Waals surface area contributed by atoms with Crippen LogP contribution in [0, 0.1) is 0 Å². The summed E-state index contributed by atoms with van der Waals surface area (Å²) in [5.41, 5.74) is 14.9. The molecular weight excluding hydrogens is 316 g/mol. The Labute approximate surface area is 144 Å². The van der Waals surface area contributed by atoms with Crippen molar-refractivity contribution < 1.29 is 14.7 Å². The van der Waals surface area contributed by atoms with Crippen molar-refractivity contribution in [2.75, 3.05) is 11.5 Å². The molecule has 0 saturated heterocycles. The van der Waals surface area contributed by atoms with Gasteiger partial charge in [-0.25, -0.2) is 4.79 Å². The first-order chi connectivity index (χ1) is 12.0. The average molecular weight is 332 g/mol. The fourth-order valence-electron chi connectivity index (χ4n) is 2.59. The van der Waals surface area contributed by atoms with Crippen LogP contribution in [0.5, 0.6) is 0 Å². The molecule has 0 aliphatic carbocycles. The Kier molecular flexibility index (Phi) is 4.22. The first-order valence-electron chi connectivity index (χ1n) is 7.59. The van der Waals surface area contributed by atoms with E-state index in [1.807, 2.05) is 0 Å². The average Bonchev–Trinajstić information content (AvgIpc) is 2.61. The molecule has 0 unspecified atom stereocenters. The molecule has 0 bridgehead atoms. The molecule has 0 fully saturated rings. The lowest BCUT2D eigenvalue weighted by molar-refractivity contribution is 0.0697. The Morgan fingerprint density at radius 2 is 1.24 bits per heavy atom. The molecule has 0 amide bonds. The molecule has 124 valence electrons. The number of carbonyl (C=O) groups is 2. The summed E-state index contributed by atoms with van der Waals surface area (Å²) in [4.78, 5) is 23.9. The van der Waals surface area contributed by atoms with Gasteiger partial charge >= 0.3 is 5.97 Å². The molecule has 0 aromatic heterocycles. The number of carboxylic acids is 1. The normalized spacial score (nSPS) is 10.4. The molecule has 0 aliphatic heterocycles. The summed E-state index contributed by atoms with van der Waals surface area (Å²) in [5, 5.41) is 9.33. The van der Waals surface area contributed by atoms with E-state index in [2.05, 4.69) is 0 Å². The maximum absolute atomic E-state index is 12.5. The molecule has 0 saturated carbocycles. The number of carbonyl (C=O) groups excluding carboxylic acids is 1. The van der Waals surface area contributed by atoms with E-state index in [-0.39, 0.29) is 11.3 Å². The number of hydrogen-bond acceptors (Lipinski definition) is 4. The highest BCUT2D eigenvalue weighted by molar-refractivity contribution is 6.09. The van der Waals surface area contributed by atoms with Crippen molar-refractivity contribution >= 4 is 23.1 Å². The Balaban J connectivity index is 1.95. The summed E-state index contributed by atoms with van der Waals surface area (Å²) < 4.78 is 0. The lowest BCUT2D eigenvalue weighted by atomic mass is 9.96. The molecule has 0 aliphatic rings. The van der Waals surface area contributed by atoms with E-state index in [0.29, 0.717) is 33.6 Å². The smallest absolute Gasteiger partial charge is 0.336 e. The van der Waals surface area contributed by atoms with E-state index in [1.165, 1.54) is 6.07 Å². The second-order valence-corrected chi connectivity index (χ2v) is 5.64. The predicted octanol–water partition coefficient (Wildman–Crippen LogP) is 3.45. The number of benzene rings is 3. The molecule has 5 heteroatoms.